The first-order chi connectivity index (χ1) is 15.4. The van der Waals surface area contributed by atoms with Crippen molar-refractivity contribution < 1.29 is 14.3 Å². The van der Waals surface area contributed by atoms with Crippen molar-refractivity contribution >= 4 is 34.4 Å². The Hall–Kier alpha value is -2.87. The molecule has 1 N–H and O–H groups in total. The maximum absolute atomic E-state index is 13.3. The summed E-state index contributed by atoms with van der Waals surface area (Å²) in [4.78, 5) is 46.3. The summed E-state index contributed by atoms with van der Waals surface area (Å²) in [6.45, 7) is 5.53. The third-order valence-corrected chi connectivity index (χ3v) is 6.95. The molecular weight excluding hydrogens is 426 g/mol. The largest absolute Gasteiger partial charge is 0.461 e. The average molecular weight is 454 g/mol. The first-order valence-corrected chi connectivity index (χ1v) is 11.9. The summed E-state index contributed by atoms with van der Waals surface area (Å²) < 4.78 is 6.86. The van der Waals surface area contributed by atoms with Crippen LogP contribution < -0.4 is 5.56 Å². The number of ketones is 1. The summed E-state index contributed by atoms with van der Waals surface area (Å²) in [5, 5.41) is 1.18. The minimum atomic E-state index is -0.467. The molecule has 3 aromatic rings. The van der Waals surface area contributed by atoms with Gasteiger partial charge in [0.15, 0.2) is 10.9 Å². The molecule has 7 nitrogen and oxygen atoms in total. The van der Waals surface area contributed by atoms with Crippen LogP contribution in [-0.4, -0.2) is 38.6 Å². The molecule has 0 saturated heterocycles. The van der Waals surface area contributed by atoms with Gasteiger partial charge >= 0.3 is 5.97 Å². The number of carbonyl (C=O) groups excluding carboxylic acids is 2. The number of para-hydroxylation sites is 1. The molecule has 1 aliphatic carbocycles. The van der Waals surface area contributed by atoms with E-state index in [1.165, 1.54) is 11.8 Å². The molecule has 4 rings (SSSR count). The molecule has 1 aliphatic rings. The van der Waals surface area contributed by atoms with E-state index in [-0.39, 0.29) is 29.7 Å². The fourth-order valence-electron chi connectivity index (χ4n) is 4.49. The van der Waals surface area contributed by atoms with Crippen LogP contribution in [0, 0.1) is 13.8 Å². The van der Waals surface area contributed by atoms with Crippen LogP contribution in [0.4, 0.5) is 0 Å². The lowest BCUT2D eigenvalue weighted by atomic mass is 10.1. The van der Waals surface area contributed by atoms with Gasteiger partial charge < -0.3 is 9.72 Å². The molecule has 0 bridgehead atoms. The second-order valence-electron chi connectivity index (χ2n) is 8.08. The molecule has 2 aromatic heterocycles. The number of rotatable bonds is 7. The molecule has 1 fully saturated rings. The van der Waals surface area contributed by atoms with Crippen molar-refractivity contribution in [1.82, 2.24) is 14.5 Å². The van der Waals surface area contributed by atoms with Crippen LogP contribution in [0.25, 0.3) is 10.9 Å². The Labute approximate surface area is 190 Å². The predicted octanol–water partition coefficient (Wildman–Crippen LogP) is 4.61. The highest BCUT2D eigenvalue weighted by molar-refractivity contribution is 7.99. The predicted molar refractivity (Wildman–Crippen MR) is 125 cm³/mol. The highest BCUT2D eigenvalue weighted by atomic mass is 32.2. The van der Waals surface area contributed by atoms with Crippen molar-refractivity contribution in [2.24, 2.45) is 0 Å². The Morgan fingerprint density at radius 2 is 1.94 bits per heavy atom. The molecule has 168 valence electrons. The molecular formula is C24H27N3O4S. The number of H-pyrrole nitrogens is 1. The molecule has 0 amide bonds. The fourth-order valence-corrected chi connectivity index (χ4v) is 5.43. The highest BCUT2D eigenvalue weighted by Gasteiger charge is 2.26. The maximum Gasteiger partial charge on any atom is 0.355 e. The van der Waals surface area contributed by atoms with Crippen molar-refractivity contribution in [3.05, 3.63) is 57.1 Å². The number of aryl methyl sites for hydroxylation is 1. The number of Topliss-reactive ketones (excluding diaryl/α,β-unsaturated/α-hetero) is 1. The quantitative estimate of drug-likeness (QED) is 0.243. The monoisotopic (exact) mass is 453 g/mol. The number of nitrogens with one attached hydrogen (secondary N) is 1. The molecule has 2 heterocycles. The van der Waals surface area contributed by atoms with Gasteiger partial charge in [-0.1, -0.05) is 36.7 Å². The number of fused-ring (bicyclic) bond motifs is 1. The zero-order chi connectivity index (χ0) is 22.8. The van der Waals surface area contributed by atoms with Gasteiger partial charge in [-0.25, -0.2) is 9.78 Å². The van der Waals surface area contributed by atoms with Gasteiger partial charge in [0.1, 0.15) is 5.69 Å². The molecule has 0 unspecified atom stereocenters. The summed E-state index contributed by atoms with van der Waals surface area (Å²) in [6.07, 6.45) is 4.07. The number of hydrogen-bond acceptors (Lipinski definition) is 6. The Balaban J connectivity index is 1.65. The van der Waals surface area contributed by atoms with Gasteiger partial charge in [-0.3, -0.25) is 14.2 Å². The molecule has 0 aliphatic heterocycles. The van der Waals surface area contributed by atoms with Crippen LogP contribution in [0.3, 0.4) is 0 Å². The number of carbonyl (C=O) groups is 2. The summed E-state index contributed by atoms with van der Waals surface area (Å²) in [5.41, 5.74) is 2.62. The van der Waals surface area contributed by atoms with E-state index in [2.05, 4.69) is 4.98 Å². The minimum absolute atomic E-state index is 0.0453. The molecule has 0 radical (unpaired) electrons. The maximum atomic E-state index is 13.3. The van der Waals surface area contributed by atoms with E-state index in [4.69, 9.17) is 9.72 Å². The Morgan fingerprint density at radius 3 is 2.66 bits per heavy atom. The number of esters is 1. The molecule has 1 aromatic carbocycles. The van der Waals surface area contributed by atoms with E-state index in [9.17, 15) is 14.4 Å². The molecule has 8 heteroatoms. The normalized spacial score (nSPS) is 14.2. The van der Waals surface area contributed by atoms with Gasteiger partial charge in [-0.2, -0.15) is 0 Å². The number of nitrogens with zero attached hydrogens (tertiary/aromatic N) is 2. The second kappa shape index (κ2) is 9.32. The van der Waals surface area contributed by atoms with Crippen LogP contribution in [0.1, 0.15) is 70.8 Å². The van der Waals surface area contributed by atoms with Crippen LogP contribution in [-0.2, 0) is 4.74 Å². The zero-order valence-corrected chi connectivity index (χ0v) is 19.4. The van der Waals surface area contributed by atoms with Gasteiger partial charge in [-0.05, 0) is 51.3 Å². The fraction of sp³-hybridized carbons (Fsp3) is 0.417. The molecule has 0 atom stereocenters. The number of thioether (sulfide) groups is 1. The number of benzene rings is 1. The third kappa shape index (κ3) is 4.11. The lowest BCUT2D eigenvalue weighted by Gasteiger charge is -2.18. The topological polar surface area (TPSA) is 94.1 Å². The van der Waals surface area contributed by atoms with Gasteiger partial charge in [0.25, 0.3) is 5.56 Å². The van der Waals surface area contributed by atoms with E-state index in [1.807, 2.05) is 18.2 Å². The van der Waals surface area contributed by atoms with E-state index >= 15 is 0 Å². The van der Waals surface area contributed by atoms with E-state index in [1.54, 1.807) is 31.4 Å². The van der Waals surface area contributed by atoms with Crippen LogP contribution >= 0.6 is 11.8 Å². The molecule has 32 heavy (non-hydrogen) atoms. The summed E-state index contributed by atoms with van der Waals surface area (Å²) in [7, 11) is 0. The Kier molecular flexibility index (Phi) is 6.50. The first-order valence-electron chi connectivity index (χ1n) is 11.0. The SMILES string of the molecule is CCOC(=O)c1[nH]c(C)c(C(=O)CSc2nc3ccccc3c(=O)n2C2CCCC2)c1C. The third-order valence-electron chi connectivity index (χ3n) is 5.99. The molecule has 0 spiro atoms. The number of aromatic amines is 1. The second-order valence-corrected chi connectivity index (χ2v) is 9.02. The standard InChI is InChI=1S/C24H27N3O4S/c1-4-31-23(30)21-14(2)20(15(3)25-21)19(28)13-32-24-26-18-12-8-7-11-17(18)22(29)27(24)16-9-5-6-10-16/h7-8,11-12,16,25H,4-6,9-10,13H2,1-3H3. The van der Waals surface area contributed by atoms with E-state index in [0.29, 0.717) is 38.6 Å². The lowest BCUT2D eigenvalue weighted by Crippen LogP contribution is -2.26. The van der Waals surface area contributed by atoms with Gasteiger partial charge in [0.2, 0.25) is 0 Å². The van der Waals surface area contributed by atoms with Crippen molar-refractivity contribution in [3.63, 3.8) is 0 Å². The van der Waals surface area contributed by atoms with Crippen molar-refractivity contribution in [1.29, 1.82) is 0 Å². The number of ether oxygens (including phenoxy) is 1. The highest BCUT2D eigenvalue weighted by Crippen LogP contribution is 2.32. The van der Waals surface area contributed by atoms with Crippen molar-refractivity contribution in [2.45, 2.75) is 57.7 Å². The summed E-state index contributed by atoms with van der Waals surface area (Å²) >= 11 is 1.28. The lowest BCUT2D eigenvalue weighted by molar-refractivity contribution is 0.0519. The van der Waals surface area contributed by atoms with Gasteiger partial charge in [-0.15, -0.1) is 0 Å². The number of aromatic nitrogens is 3. The smallest absolute Gasteiger partial charge is 0.355 e. The first kappa shape index (κ1) is 22.3. The molecule has 1 saturated carbocycles. The van der Waals surface area contributed by atoms with Gasteiger partial charge in [0, 0.05) is 17.3 Å². The van der Waals surface area contributed by atoms with Gasteiger partial charge in [0.05, 0.1) is 23.3 Å². The minimum Gasteiger partial charge on any atom is -0.461 e. The van der Waals surface area contributed by atoms with Crippen molar-refractivity contribution in [3.8, 4) is 0 Å². The Bertz CT molecular complexity index is 1240. The summed E-state index contributed by atoms with van der Waals surface area (Å²) in [5.74, 6) is -0.456. The Morgan fingerprint density at radius 1 is 1.22 bits per heavy atom. The van der Waals surface area contributed by atoms with Crippen LogP contribution in [0.15, 0.2) is 34.2 Å². The van der Waals surface area contributed by atoms with E-state index in [0.717, 1.165) is 25.7 Å². The van der Waals surface area contributed by atoms with Crippen molar-refractivity contribution in [2.75, 3.05) is 12.4 Å². The number of hydrogen-bond donors (Lipinski definition) is 1. The zero-order valence-electron chi connectivity index (χ0n) is 18.6. The van der Waals surface area contributed by atoms with E-state index < -0.39 is 5.97 Å². The van der Waals surface area contributed by atoms with Crippen LogP contribution in [0.5, 0.6) is 0 Å². The summed E-state index contributed by atoms with van der Waals surface area (Å²) in [6, 6.07) is 7.45. The van der Waals surface area contributed by atoms with Crippen LogP contribution in [0.2, 0.25) is 0 Å². The average Bonchev–Trinajstić information content (AvgIpc) is 3.40.